The molecule has 1 saturated heterocycles. The van der Waals surface area contributed by atoms with Crippen LogP contribution in [0.1, 0.15) is 12.0 Å². The summed E-state index contributed by atoms with van der Waals surface area (Å²) in [7, 11) is 2.05. The van der Waals surface area contributed by atoms with Crippen LogP contribution < -0.4 is 9.64 Å². The van der Waals surface area contributed by atoms with Gasteiger partial charge in [0, 0.05) is 19.6 Å². The van der Waals surface area contributed by atoms with E-state index < -0.39 is 11.7 Å². The maximum Gasteiger partial charge on any atom is 0.416 e. The van der Waals surface area contributed by atoms with Gasteiger partial charge in [0.25, 0.3) is 0 Å². The Kier molecular flexibility index (Phi) is 6.91. The van der Waals surface area contributed by atoms with Crippen LogP contribution in [0.25, 0.3) is 0 Å². The topological polar surface area (TPSA) is 15.7 Å². The van der Waals surface area contributed by atoms with Crippen LogP contribution in [0, 0.1) is 0 Å². The number of likely N-dealkylation sites (N-methyl/N-ethyl adjacent to an activating group) is 1. The van der Waals surface area contributed by atoms with E-state index >= 15 is 0 Å². The molecule has 0 aliphatic carbocycles. The molecule has 0 bridgehead atoms. The van der Waals surface area contributed by atoms with E-state index in [2.05, 4.69) is 23.0 Å². The van der Waals surface area contributed by atoms with Gasteiger partial charge in [-0.2, -0.15) is 13.2 Å². The average molecular weight is 366 g/mol. The van der Waals surface area contributed by atoms with Gasteiger partial charge in [0.2, 0.25) is 0 Å². The van der Waals surface area contributed by atoms with Crippen molar-refractivity contribution < 1.29 is 17.9 Å². The molecule has 2 rings (SSSR count). The molecule has 0 saturated carbocycles. The fraction of sp³-hybridized carbons (Fsp3) is 0.400. The molecule has 0 spiro atoms. The van der Waals surface area contributed by atoms with E-state index in [4.69, 9.17) is 4.74 Å². The summed E-state index contributed by atoms with van der Waals surface area (Å²) >= 11 is 0. The maximum atomic E-state index is 13.1. The largest absolute Gasteiger partial charge is 0.487 e. The van der Waals surface area contributed by atoms with Crippen LogP contribution in [0.15, 0.2) is 55.2 Å². The van der Waals surface area contributed by atoms with Crippen molar-refractivity contribution >= 4 is 5.69 Å². The monoisotopic (exact) mass is 366 g/mol. The summed E-state index contributed by atoms with van der Waals surface area (Å²) in [4.78, 5) is 4.30. The van der Waals surface area contributed by atoms with E-state index in [1.54, 1.807) is 18.2 Å². The third-order valence-corrected chi connectivity index (χ3v) is 4.34. The van der Waals surface area contributed by atoms with E-state index in [1.165, 1.54) is 6.07 Å². The van der Waals surface area contributed by atoms with E-state index in [0.717, 1.165) is 50.3 Å². The molecule has 0 radical (unpaired) electrons. The third kappa shape index (κ3) is 5.39. The minimum absolute atomic E-state index is 0.136. The van der Waals surface area contributed by atoms with Crippen molar-refractivity contribution in [1.82, 2.24) is 4.90 Å². The van der Waals surface area contributed by atoms with Gasteiger partial charge in [-0.05, 0) is 43.8 Å². The molecule has 1 aliphatic heterocycles. The lowest BCUT2D eigenvalue weighted by molar-refractivity contribution is -0.137. The summed E-state index contributed by atoms with van der Waals surface area (Å²) in [5, 5.41) is 0. The molecule has 1 fully saturated rings. The quantitative estimate of drug-likeness (QED) is 0.688. The van der Waals surface area contributed by atoms with Gasteiger partial charge in [-0.1, -0.05) is 31.4 Å². The zero-order valence-electron chi connectivity index (χ0n) is 15.1. The van der Waals surface area contributed by atoms with Crippen LogP contribution >= 0.6 is 0 Å². The van der Waals surface area contributed by atoms with Crippen molar-refractivity contribution in [2.75, 3.05) is 44.7 Å². The number of ether oxygens (including phenoxy) is 1. The minimum atomic E-state index is -4.41. The van der Waals surface area contributed by atoms with Gasteiger partial charge in [-0.3, -0.25) is 0 Å². The van der Waals surface area contributed by atoms with Crippen molar-refractivity contribution in [2.45, 2.75) is 12.6 Å². The zero-order valence-corrected chi connectivity index (χ0v) is 15.1. The molecule has 0 amide bonds. The van der Waals surface area contributed by atoms with Crippen molar-refractivity contribution in [3.63, 3.8) is 0 Å². The Morgan fingerprint density at radius 3 is 2.62 bits per heavy atom. The first-order valence-corrected chi connectivity index (χ1v) is 8.56. The van der Waals surface area contributed by atoms with E-state index in [-0.39, 0.29) is 12.4 Å². The highest BCUT2D eigenvalue weighted by atomic mass is 19.4. The summed E-state index contributed by atoms with van der Waals surface area (Å²) in [6.07, 6.45) is 1.47. The molecule has 1 aliphatic rings. The average Bonchev–Trinajstić information content (AvgIpc) is 2.82. The molecule has 0 unspecified atom stereocenters. The SMILES string of the molecule is C=C/C=C(\C=C)COc1cc(C(F)(F)F)ccc1N1CCCN(C)CC1. The van der Waals surface area contributed by atoms with Crippen LogP contribution in [0.4, 0.5) is 18.9 Å². The van der Waals surface area contributed by atoms with Crippen LogP contribution in [0.2, 0.25) is 0 Å². The van der Waals surface area contributed by atoms with Gasteiger partial charge in [-0.15, -0.1) is 0 Å². The molecule has 0 atom stereocenters. The Bertz CT molecular complexity index is 668. The predicted molar refractivity (Wildman–Crippen MR) is 99.7 cm³/mol. The van der Waals surface area contributed by atoms with Gasteiger partial charge in [-0.25, -0.2) is 0 Å². The Hall–Kier alpha value is -2.21. The number of benzene rings is 1. The molecule has 142 valence electrons. The summed E-state index contributed by atoms with van der Waals surface area (Å²) in [6.45, 7) is 10.8. The minimum Gasteiger partial charge on any atom is -0.487 e. The lowest BCUT2D eigenvalue weighted by Crippen LogP contribution is -2.29. The second-order valence-electron chi connectivity index (χ2n) is 6.29. The highest BCUT2D eigenvalue weighted by molar-refractivity contribution is 5.60. The molecule has 1 aromatic rings. The Balaban J connectivity index is 2.32. The highest BCUT2D eigenvalue weighted by Crippen LogP contribution is 2.37. The Labute approximate surface area is 153 Å². The molecule has 0 aromatic heterocycles. The number of hydrogen-bond acceptors (Lipinski definition) is 3. The van der Waals surface area contributed by atoms with Gasteiger partial charge in [0.15, 0.2) is 0 Å². The van der Waals surface area contributed by atoms with E-state index in [9.17, 15) is 13.2 Å². The predicted octanol–water partition coefficient (Wildman–Crippen LogP) is 4.52. The second-order valence-corrected chi connectivity index (χ2v) is 6.29. The lowest BCUT2D eigenvalue weighted by atomic mass is 10.1. The number of hydrogen-bond donors (Lipinski definition) is 0. The first-order chi connectivity index (χ1) is 12.3. The van der Waals surface area contributed by atoms with Crippen molar-refractivity contribution in [3.8, 4) is 5.75 Å². The smallest absolute Gasteiger partial charge is 0.416 e. The van der Waals surface area contributed by atoms with Gasteiger partial charge in [0.05, 0.1) is 11.3 Å². The third-order valence-electron chi connectivity index (χ3n) is 4.34. The molecule has 1 aromatic carbocycles. The van der Waals surface area contributed by atoms with Crippen LogP contribution in [-0.4, -0.2) is 44.7 Å². The Morgan fingerprint density at radius 1 is 1.19 bits per heavy atom. The summed E-state index contributed by atoms with van der Waals surface area (Å²) in [6, 6.07) is 3.71. The zero-order chi connectivity index (χ0) is 19.2. The van der Waals surface area contributed by atoms with E-state index in [1.807, 2.05) is 7.05 Å². The number of alkyl halides is 3. The normalized spacial score (nSPS) is 16.9. The second kappa shape index (κ2) is 8.94. The molecule has 26 heavy (non-hydrogen) atoms. The number of anilines is 1. The number of rotatable bonds is 6. The van der Waals surface area contributed by atoms with Crippen molar-refractivity contribution in [3.05, 3.63) is 60.7 Å². The molecule has 6 heteroatoms. The molecule has 3 nitrogen and oxygen atoms in total. The summed E-state index contributed by atoms with van der Waals surface area (Å²) < 4.78 is 45.1. The van der Waals surface area contributed by atoms with Gasteiger partial charge in [0.1, 0.15) is 12.4 Å². The summed E-state index contributed by atoms with van der Waals surface area (Å²) in [5.74, 6) is 0.237. The fourth-order valence-corrected chi connectivity index (χ4v) is 2.84. The fourth-order valence-electron chi connectivity index (χ4n) is 2.84. The van der Waals surface area contributed by atoms with Gasteiger partial charge >= 0.3 is 6.18 Å². The molecular formula is C20H25F3N2O. The van der Waals surface area contributed by atoms with Crippen molar-refractivity contribution in [2.24, 2.45) is 0 Å². The van der Waals surface area contributed by atoms with E-state index in [0.29, 0.717) is 5.69 Å². The highest BCUT2D eigenvalue weighted by Gasteiger charge is 2.32. The first-order valence-electron chi connectivity index (χ1n) is 8.56. The maximum absolute atomic E-state index is 13.1. The van der Waals surface area contributed by atoms with Crippen LogP contribution in [0.5, 0.6) is 5.75 Å². The Morgan fingerprint density at radius 2 is 1.96 bits per heavy atom. The number of nitrogens with zero attached hydrogens (tertiary/aromatic N) is 2. The number of allylic oxidation sites excluding steroid dienone is 2. The molecule has 1 heterocycles. The molecule has 0 N–H and O–H groups in total. The molecular weight excluding hydrogens is 341 g/mol. The van der Waals surface area contributed by atoms with Crippen molar-refractivity contribution in [1.29, 1.82) is 0 Å². The van der Waals surface area contributed by atoms with Crippen LogP contribution in [-0.2, 0) is 6.18 Å². The van der Waals surface area contributed by atoms with Gasteiger partial charge < -0.3 is 14.5 Å². The summed E-state index contributed by atoms with van der Waals surface area (Å²) in [5.41, 5.74) is 0.727. The van der Waals surface area contributed by atoms with Crippen LogP contribution in [0.3, 0.4) is 0 Å². The first kappa shape index (κ1) is 20.1. The lowest BCUT2D eigenvalue weighted by Gasteiger charge is -2.26. The standard InChI is InChI=1S/C20H25F3N2O/c1-4-7-16(5-2)15-26-19-14-17(20(21,22)23)8-9-18(19)25-11-6-10-24(3)12-13-25/h4-5,7-9,14H,1-2,6,10-13,15H2,3H3/b16-7+. The number of halogens is 3.